The number of carbonyl (C=O) groups is 1. The molecule has 2 atom stereocenters. The summed E-state index contributed by atoms with van der Waals surface area (Å²) < 4.78 is 11.5. The Morgan fingerprint density at radius 2 is 1.80 bits per heavy atom. The molecule has 2 aromatic carbocycles. The van der Waals surface area contributed by atoms with Gasteiger partial charge in [-0.2, -0.15) is 0 Å². The summed E-state index contributed by atoms with van der Waals surface area (Å²) in [5.74, 6) is 0.0830. The molecule has 0 N–H and O–H groups in total. The first-order chi connectivity index (χ1) is 12.1. The highest BCUT2D eigenvalue weighted by Gasteiger charge is 2.27. The van der Waals surface area contributed by atoms with Crippen LogP contribution in [0.4, 0.5) is 0 Å². The third-order valence-electron chi connectivity index (χ3n) is 4.92. The van der Waals surface area contributed by atoms with E-state index >= 15 is 0 Å². The van der Waals surface area contributed by atoms with E-state index in [-0.39, 0.29) is 11.9 Å². The van der Waals surface area contributed by atoms with Crippen LogP contribution >= 0.6 is 0 Å². The van der Waals surface area contributed by atoms with Gasteiger partial charge in [0, 0.05) is 40.1 Å². The molecule has 2 unspecified atom stereocenters. The Morgan fingerprint density at radius 1 is 1.12 bits per heavy atom. The standard InChI is InChI=1S/C21H25NO2S/c1-3-14-22(19-11-8-16-6-4-5-7-18(16)15-19)21(23)17-9-12-20(13-10-17)25(2)24/h4-7,9-10,12-13,19H,3,8,11,14-15H2,1-2H3. The molecule has 1 amide bonds. The van der Waals surface area contributed by atoms with E-state index in [2.05, 4.69) is 31.2 Å². The number of fused-ring (bicyclic) bond motifs is 1. The second kappa shape index (κ2) is 7.96. The summed E-state index contributed by atoms with van der Waals surface area (Å²) in [4.78, 5) is 15.9. The van der Waals surface area contributed by atoms with E-state index < -0.39 is 10.8 Å². The molecule has 0 saturated heterocycles. The lowest BCUT2D eigenvalue weighted by Crippen LogP contribution is -2.43. The molecule has 0 bridgehead atoms. The first-order valence-corrected chi connectivity index (χ1v) is 10.5. The fourth-order valence-corrected chi connectivity index (χ4v) is 4.11. The van der Waals surface area contributed by atoms with E-state index in [1.807, 2.05) is 4.90 Å². The summed E-state index contributed by atoms with van der Waals surface area (Å²) in [5, 5.41) is 0. The van der Waals surface area contributed by atoms with Gasteiger partial charge in [-0.05, 0) is 61.1 Å². The van der Waals surface area contributed by atoms with Crippen LogP contribution < -0.4 is 0 Å². The third-order valence-corrected chi connectivity index (χ3v) is 5.86. The van der Waals surface area contributed by atoms with Crippen molar-refractivity contribution in [2.45, 2.75) is 43.5 Å². The Bertz CT molecular complexity index is 770. The lowest BCUT2D eigenvalue weighted by molar-refractivity contribution is 0.0661. The minimum absolute atomic E-state index is 0.0830. The van der Waals surface area contributed by atoms with Crippen LogP contribution in [-0.4, -0.2) is 33.9 Å². The molecule has 25 heavy (non-hydrogen) atoms. The largest absolute Gasteiger partial charge is 0.335 e. The van der Waals surface area contributed by atoms with Gasteiger partial charge in [0.1, 0.15) is 0 Å². The second-order valence-electron chi connectivity index (χ2n) is 6.64. The van der Waals surface area contributed by atoms with Crippen molar-refractivity contribution >= 4 is 16.7 Å². The van der Waals surface area contributed by atoms with E-state index in [1.165, 1.54) is 11.1 Å². The van der Waals surface area contributed by atoms with Crippen molar-refractivity contribution < 1.29 is 9.00 Å². The van der Waals surface area contributed by atoms with Crippen molar-refractivity contribution in [2.24, 2.45) is 0 Å². The van der Waals surface area contributed by atoms with Crippen LogP contribution in [0.1, 0.15) is 41.3 Å². The molecule has 1 aliphatic rings. The topological polar surface area (TPSA) is 37.4 Å². The molecule has 2 aromatic rings. The Morgan fingerprint density at radius 3 is 2.44 bits per heavy atom. The molecule has 3 rings (SSSR count). The van der Waals surface area contributed by atoms with Crippen molar-refractivity contribution in [1.29, 1.82) is 0 Å². The maximum absolute atomic E-state index is 13.1. The fourth-order valence-electron chi connectivity index (χ4n) is 3.59. The van der Waals surface area contributed by atoms with E-state index in [9.17, 15) is 9.00 Å². The molecule has 0 spiro atoms. The summed E-state index contributed by atoms with van der Waals surface area (Å²) in [6.07, 6.45) is 5.57. The van der Waals surface area contributed by atoms with Crippen LogP contribution in [-0.2, 0) is 23.6 Å². The van der Waals surface area contributed by atoms with E-state index in [1.54, 1.807) is 30.5 Å². The third kappa shape index (κ3) is 4.01. The van der Waals surface area contributed by atoms with Gasteiger partial charge in [-0.25, -0.2) is 0 Å². The van der Waals surface area contributed by atoms with Crippen LogP contribution in [0.2, 0.25) is 0 Å². The van der Waals surface area contributed by atoms with Gasteiger partial charge in [0.2, 0.25) is 0 Å². The predicted octanol–water partition coefficient (Wildman–Crippen LogP) is 3.83. The molecular formula is C21H25NO2S. The van der Waals surface area contributed by atoms with E-state index in [0.717, 1.165) is 37.1 Å². The summed E-state index contributed by atoms with van der Waals surface area (Å²) in [5.41, 5.74) is 3.46. The molecule has 4 heteroatoms. The van der Waals surface area contributed by atoms with Gasteiger partial charge in [-0.15, -0.1) is 0 Å². The average molecular weight is 356 g/mol. The van der Waals surface area contributed by atoms with Crippen molar-refractivity contribution in [3.63, 3.8) is 0 Å². The fraction of sp³-hybridized carbons (Fsp3) is 0.381. The highest BCUT2D eigenvalue weighted by atomic mass is 32.2. The highest BCUT2D eigenvalue weighted by Crippen LogP contribution is 2.26. The Labute approximate surface area is 152 Å². The first-order valence-electron chi connectivity index (χ1n) is 8.91. The van der Waals surface area contributed by atoms with Crippen LogP contribution in [0, 0.1) is 0 Å². The quantitative estimate of drug-likeness (QED) is 0.817. The number of benzene rings is 2. The molecule has 0 saturated carbocycles. The number of amides is 1. The number of nitrogens with zero attached hydrogens (tertiary/aromatic N) is 1. The molecule has 0 aliphatic heterocycles. The maximum Gasteiger partial charge on any atom is 0.254 e. The van der Waals surface area contributed by atoms with Crippen molar-refractivity contribution in [3.8, 4) is 0 Å². The molecule has 1 aliphatic carbocycles. The van der Waals surface area contributed by atoms with Crippen LogP contribution in [0.15, 0.2) is 53.4 Å². The minimum atomic E-state index is -1.02. The number of hydrogen-bond acceptors (Lipinski definition) is 2. The Hall–Kier alpha value is -1.94. The number of carbonyl (C=O) groups excluding carboxylic acids is 1. The van der Waals surface area contributed by atoms with Crippen LogP contribution in [0.3, 0.4) is 0 Å². The smallest absolute Gasteiger partial charge is 0.254 e. The maximum atomic E-state index is 13.1. The summed E-state index contributed by atoms with van der Waals surface area (Å²) >= 11 is 0. The number of hydrogen-bond donors (Lipinski definition) is 0. The van der Waals surface area contributed by atoms with Gasteiger partial charge in [-0.1, -0.05) is 31.2 Å². The molecule has 0 fully saturated rings. The summed E-state index contributed by atoms with van der Waals surface area (Å²) in [6, 6.07) is 16.0. The number of aryl methyl sites for hydroxylation is 1. The second-order valence-corrected chi connectivity index (χ2v) is 8.02. The molecule has 0 aromatic heterocycles. The zero-order chi connectivity index (χ0) is 17.8. The average Bonchev–Trinajstić information content (AvgIpc) is 2.65. The normalized spacial score (nSPS) is 17.6. The minimum Gasteiger partial charge on any atom is -0.335 e. The SMILES string of the molecule is CCCN(C(=O)c1ccc(S(C)=O)cc1)C1CCc2ccccc2C1. The van der Waals surface area contributed by atoms with Crippen LogP contribution in [0.5, 0.6) is 0 Å². The van der Waals surface area contributed by atoms with Crippen LogP contribution in [0.25, 0.3) is 0 Å². The number of rotatable bonds is 5. The van der Waals surface area contributed by atoms with E-state index in [4.69, 9.17) is 0 Å². The Balaban J connectivity index is 1.81. The van der Waals surface area contributed by atoms with Gasteiger partial charge >= 0.3 is 0 Å². The van der Waals surface area contributed by atoms with Gasteiger partial charge in [-0.3, -0.25) is 9.00 Å². The van der Waals surface area contributed by atoms with E-state index in [0.29, 0.717) is 5.56 Å². The monoisotopic (exact) mass is 355 g/mol. The van der Waals surface area contributed by atoms with Gasteiger partial charge in [0.25, 0.3) is 5.91 Å². The lowest BCUT2D eigenvalue weighted by Gasteiger charge is -2.35. The van der Waals surface area contributed by atoms with Gasteiger partial charge < -0.3 is 4.90 Å². The summed E-state index contributed by atoms with van der Waals surface area (Å²) in [6.45, 7) is 2.88. The lowest BCUT2D eigenvalue weighted by atomic mass is 9.87. The molecule has 3 nitrogen and oxygen atoms in total. The molecule has 0 radical (unpaired) electrons. The van der Waals surface area contributed by atoms with Crippen molar-refractivity contribution in [3.05, 3.63) is 65.2 Å². The zero-order valence-corrected chi connectivity index (χ0v) is 15.7. The molecular weight excluding hydrogens is 330 g/mol. The molecule has 132 valence electrons. The first kappa shape index (κ1) is 17.9. The van der Waals surface area contributed by atoms with Gasteiger partial charge in [0.15, 0.2) is 0 Å². The summed E-state index contributed by atoms with van der Waals surface area (Å²) in [7, 11) is -1.02. The molecule has 0 heterocycles. The predicted molar refractivity (Wildman–Crippen MR) is 102 cm³/mol. The van der Waals surface area contributed by atoms with Crippen molar-refractivity contribution in [1.82, 2.24) is 4.90 Å². The Kier molecular flexibility index (Phi) is 5.69. The van der Waals surface area contributed by atoms with Crippen molar-refractivity contribution in [2.75, 3.05) is 12.8 Å². The zero-order valence-electron chi connectivity index (χ0n) is 14.9. The highest BCUT2D eigenvalue weighted by molar-refractivity contribution is 7.84. The van der Waals surface area contributed by atoms with Gasteiger partial charge in [0.05, 0.1) is 0 Å².